The van der Waals surface area contributed by atoms with E-state index >= 15 is 0 Å². The number of nitriles is 1. The van der Waals surface area contributed by atoms with Crippen LogP contribution in [0, 0.1) is 18.3 Å². The molecule has 3 heteroatoms. The number of para-hydroxylation sites is 1. The summed E-state index contributed by atoms with van der Waals surface area (Å²) in [5.41, 5.74) is 3.71. The zero-order valence-corrected chi connectivity index (χ0v) is 11.3. The van der Waals surface area contributed by atoms with Crippen molar-refractivity contribution in [2.75, 3.05) is 19.1 Å². The zero-order chi connectivity index (χ0) is 13.8. The minimum atomic E-state index is 0.631. The number of hydrogen-bond acceptors (Lipinski definition) is 3. The summed E-state index contributed by atoms with van der Waals surface area (Å²) in [6.07, 6.45) is 0. The largest absolute Gasteiger partial charge is 0.497 e. The molecule has 0 fully saturated rings. The van der Waals surface area contributed by atoms with E-state index in [9.17, 15) is 5.26 Å². The Morgan fingerprint density at radius 3 is 2.47 bits per heavy atom. The van der Waals surface area contributed by atoms with E-state index in [1.165, 1.54) is 0 Å². The molecule has 96 valence electrons. The Bertz CT molecular complexity index is 629. The molecule has 0 atom stereocenters. The average molecular weight is 252 g/mol. The summed E-state index contributed by atoms with van der Waals surface area (Å²) in [5.74, 6) is 0.745. The van der Waals surface area contributed by atoms with Crippen molar-refractivity contribution in [3.05, 3.63) is 53.6 Å². The van der Waals surface area contributed by atoms with Crippen LogP contribution < -0.4 is 9.64 Å². The van der Waals surface area contributed by atoms with Crippen LogP contribution in [0.2, 0.25) is 0 Å². The predicted molar refractivity (Wildman–Crippen MR) is 77.0 cm³/mol. The number of ether oxygens (including phenoxy) is 1. The molecule has 0 aliphatic heterocycles. The molecule has 19 heavy (non-hydrogen) atoms. The lowest BCUT2D eigenvalue weighted by molar-refractivity contribution is 0.415. The third kappa shape index (κ3) is 2.53. The van der Waals surface area contributed by atoms with Crippen molar-refractivity contribution in [3.63, 3.8) is 0 Å². The van der Waals surface area contributed by atoms with Crippen LogP contribution >= 0.6 is 0 Å². The second-order valence-electron chi connectivity index (χ2n) is 4.34. The van der Waals surface area contributed by atoms with Gasteiger partial charge in [-0.3, -0.25) is 0 Å². The molecule has 0 amide bonds. The maximum Gasteiger partial charge on any atom is 0.121 e. The summed E-state index contributed by atoms with van der Waals surface area (Å²) in [5, 5.41) is 9.23. The average Bonchev–Trinajstić information content (AvgIpc) is 2.46. The quantitative estimate of drug-likeness (QED) is 0.836. The smallest absolute Gasteiger partial charge is 0.121 e. The Morgan fingerprint density at radius 1 is 1.11 bits per heavy atom. The minimum Gasteiger partial charge on any atom is -0.497 e. The van der Waals surface area contributed by atoms with Crippen LogP contribution in [-0.4, -0.2) is 14.2 Å². The molecule has 2 aromatic carbocycles. The Morgan fingerprint density at radius 2 is 1.84 bits per heavy atom. The summed E-state index contributed by atoms with van der Waals surface area (Å²) in [6, 6.07) is 15.8. The van der Waals surface area contributed by atoms with E-state index in [1.54, 1.807) is 19.2 Å². The van der Waals surface area contributed by atoms with Crippen molar-refractivity contribution in [2.24, 2.45) is 0 Å². The van der Waals surface area contributed by atoms with Crippen LogP contribution in [0.4, 0.5) is 11.4 Å². The molecule has 0 saturated carbocycles. The third-order valence-corrected chi connectivity index (χ3v) is 3.16. The van der Waals surface area contributed by atoms with Gasteiger partial charge in [0.1, 0.15) is 11.8 Å². The van der Waals surface area contributed by atoms with Crippen molar-refractivity contribution < 1.29 is 4.74 Å². The van der Waals surface area contributed by atoms with Gasteiger partial charge in [-0.15, -0.1) is 0 Å². The Hall–Kier alpha value is -2.47. The van der Waals surface area contributed by atoms with E-state index < -0.39 is 0 Å². The van der Waals surface area contributed by atoms with E-state index in [2.05, 4.69) is 19.1 Å². The van der Waals surface area contributed by atoms with E-state index in [-0.39, 0.29) is 0 Å². The number of rotatable bonds is 3. The van der Waals surface area contributed by atoms with Crippen LogP contribution in [0.25, 0.3) is 0 Å². The summed E-state index contributed by atoms with van der Waals surface area (Å²) < 4.78 is 5.23. The first-order valence-corrected chi connectivity index (χ1v) is 6.05. The number of methoxy groups -OCH3 is 1. The molecule has 0 N–H and O–H groups in total. The molecule has 0 heterocycles. The van der Waals surface area contributed by atoms with E-state index in [1.807, 2.05) is 36.2 Å². The summed E-state index contributed by atoms with van der Waals surface area (Å²) in [7, 11) is 3.58. The molecule has 2 aromatic rings. The first-order valence-electron chi connectivity index (χ1n) is 6.05. The molecule has 0 unspecified atom stereocenters. The van der Waals surface area contributed by atoms with Crippen molar-refractivity contribution in [3.8, 4) is 11.8 Å². The maximum absolute atomic E-state index is 9.23. The van der Waals surface area contributed by atoms with E-state index in [0.29, 0.717) is 5.56 Å². The van der Waals surface area contributed by atoms with Crippen molar-refractivity contribution >= 4 is 11.4 Å². The zero-order valence-electron chi connectivity index (χ0n) is 11.3. The number of benzene rings is 2. The number of nitrogens with zero attached hydrogens (tertiary/aromatic N) is 2. The maximum atomic E-state index is 9.23. The van der Waals surface area contributed by atoms with Gasteiger partial charge >= 0.3 is 0 Å². The molecular weight excluding hydrogens is 236 g/mol. The first-order chi connectivity index (χ1) is 9.17. The third-order valence-electron chi connectivity index (χ3n) is 3.16. The molecule has 3 nitrogen and oxygen atoms in total. The molecule has 0 aliphatic rings. The monoisotopic (exact) mass is 252 g/mol. The van der Waals surface area contributed by atoms with Gasteiger partial charge in [0.15, 0.2) is 0 Å². The molecule has 2 rings (SSSR count). The fourth-order valence-electron chi connectivity index (χ4n) is 2.08. The number of aryl methyl sites for hydroxylation is 1. The lowest BCUT2D eigenvalue weighted by atomic mass is 10.1. The fourth-order valence-corrected chi connectivity index (χ4v) is 2.08. The van der Waals surface area contributed by atoms with E-state index in [4.69, 9.17) is 4.74 Å². The molecule has 0 saturated heterocycles. The molecule has 0 spiro atoms. The fraction of sp³-hybridized carbons (Fsp3) is 0.188. The second kappa shape index (κ2) is 5.45. The SMILES string of the molecule is COc1ccc(C#N)c(N(C)c2ccccc2C)c1. The lowest BCUT2D eigenvalue weighted by Gasteiger charge is -2.23. The van der Waals surface area contributed by atoms with Crippen LogP contribution in [-0.2, 0) is 0 Å². The van der Waals surface area contributed by atoms with Gasteiger partial charge in [-0.05, 0) is 30.7 Å². The second-order valence-corrected chi connectivity index (χ2v) is 4.34. The molecule has 0 bridgehead atoms. The standard InChI is InChI=1S/C16H16N2O/c1-12-6-4-5-7-15(12)18(2)16-10-14(19-3)9-8-13(16)11-17/h4-10H,1-3H3. The van der Waals surface area contributed by atoms with Gasteiger partial charge in [0.2, 0.25) is 0 Å². The summed E-state index contributed by atoms with van der Waals surface area (Å²) >= 11 is 0. The van der Waals surface area contributed by atoms with Crippen LogP contribution in [0.15, 0.2) is 42.5 Å². The predicted octanol–water partition coefficient (Wildman–Crippen LogP) is 3.64. The normalized spacial score (nSPS) is 9.79. The van der Waals surface area contributed by atoms with Gasteiger partial charge in [0, 0.05) is 18.8 Å². The van der Waals surface area contributed by atoms with Crippen molar-refractivity contribution in [1.82, 2.24) is 0 Å². The first kappa shape index (κ1) is 13.0. The summed E-state index contributed by atoms with van der Waals surface area (Å²) in [6.45, 7) is 2.05. The Kier molecular flexibility index (Phi) is 3.72. The van der Waals surface area contributed by atoms with Gasteiger partial charge in [0.05, 0.1) is 18.4 Å². The lowest BCUT2D eigenvalue weighted by Crippen LogP contribution is -2.12. The van der Waals surface area contributed by atoms with Crippen LogP contribution in [0.3, 0.4) is 0 Å². The highest BCUT2D eigenvalue weighted by Crippen LogP contribution is 2.31. The van der Waals surface area contributed by atoms with Gasteiger partial charge in [-0.2, -0.15) is 5.26 Å². The van der Waals surface area contributed by atoms with Crippen molar-refractivity contribution in [1.29, 1.82) is 5.26 Å². The Balaban J connectivity index is 2.52. The summed E-state index contributed by atoms with van der Waals surface area (Å²) in [4.78, 5) is 2.01. The Labute approximate surface area is 113 Å². The molecule has 0 aliphatic carbocycles. The topological polar surface area (TPSA) is 36.3 Å². The van der Waals surface area contributed by atoms with Gasteiger partial charge in [-0.25, -0.2) is 0 Å². The number of hydrogen-bond donors (Lipinski definition) is 0. The number of anilines is 2. The van der Waals surface area contributed by atoms with Crippen LogP contribution in [0.5, 0.6) is 5.75 Å². The minimum absolute atomic E-state index is 0.631. The van der Waals surface area contributed by atoms with E-state index in [0.717, 1.165) is 22.7 Å². The highest BCUT2D eigenvalue weighted by Gasteiger charge is 2.12. The highest BCUT2D eigenvalue weighted by atomic mass is 16.5. The molecule has 0 radical (unpaired) electrons. The molecule has 0 aromatic heterocycles. The van der Waals surface area contributed by atoms with Gasteiger partial charge in [-0.1, -0.05) is 18.2 Å². The highest BCUT2D eigenvalue weighted by molar-refractivity contribution is 5.72. The van der Waals surface area contributed by atoms with Crippen LogP contribution in [0.1, 0.15) is 11.1 Å². The van der Waals surface area contributed by atoms with Gasteiger partial charge in [0.25, 0.3) is 0 Å². The molecular formula is C16H16N2O. The van der Waals surface area contributed by atoms with Crippen molar-refractivity contribution in [2.45, 2.75) is 6.92 Å². The van der Waals surface area contributed by atoms with Gasteiger partial charge < -0.3 is 9.64 Å².